The number of carbonyl (C=O) groups excluding carboxylic acids is 1. The first-order chi connectivity index (χ1) is 5.92. The smallest absolute Gasteiger partial charge is 0.150 e. The van der Waals surface area contributed by atoms with Crippen LogP contribution in [0.15, 0.2) is 47.8 Å². The van der Waals surface area contributed by atoms with Crippen LogP contribution >= 0.6 is 0 Å². The lowest BCUT2D eigenvalue weighted by atomic mass is 9.98. The molecule has 2 rings (SSSR count). The van der Waals surface area contributed by atoms with Crippen molar-refractivity contribution in [2.75, 3.05) is 0 Å². The number of hydrogen-bond donors (Lipinski definition) is 0. The maximum atomic E-state index is 10.6. The Labute approximate surface area is 70.5 Å². The van der Waals surface area contributed by atoms with E-state index in [9.17, 15) is 4.79 Å². The lowest BCUT2D eigenvalue weighted by Gasteiger charge is -2.20. The molecule has 0 aromatic carbocycles. The highest BCUT2D eigenvalue weighted by molar-refractivity contribution is 5.81. The first-order valence-electron chi connectivity index (χ1n) is 3.78. The molecule has 0 spiro atoms. The summed E-state index contributed by atoms with van der Waals surface area (Å²) in [6.45, 7) is 0. The topological polar surface area (TPSA) is 26.3 Å². The molecular weight excluding hydrogens is 152 g/mol. The van der Waals surface area contributed by atoms with Crippen molar-refractivity contribution in [2.45, 2.75) is 6.10 Å². The van der Waals surface area contributed by atoms with Gasteiger partial charge < -0.3 is 4.74 Å². The highest BCUT2D eigenvalue weighted by Crippen LogP contribution is 2.22. The molecule has 1 unspecified atom stereocenters. The van der Waals surface area contributed by atoms with Gasteiger partial charge >= 0.3 is 0 Å². The molecule has 0 amide bonds. The number of hydrogen-bond acceptors (Lipinski definition) is 2. The van der Waals surface area contributed by atoms with Gasteiger partial charge in [-0.15, -0.1) is 0 Å². The largest absolute Gasteiger partial charge is 0.489 e. The van der Waals surface area contributed by atoms with Gasteiger partial charge in [0.15, 0.2) is 6.29 Å². The third-order valence-corrected chi connectivity index (χ3v) is 1.91. The fourth-order valence-corrected chi connectivity index (χ4v) is 1.30. The summed E-state index contributed by atoms with van der Waals surface area (Å²) in [5, 5.41) is 0. The minimum absolute atomic E-state index is 0.0693. The van der Waals surface area contributed by atoms with Crippen LogP contribution in [0.1, 0.15) is 0 Å². The summed E-state index contributed by atoms with van der Waals surface area (Å²) in [5.74, 6) is 0. The van der Waals surface area contributed by atoms with Gasteiger partial charge in [0.2, 0.25) is 0 Å². The molecule has 1 aliphatic heterocycles. The Hall–Kier alpha value is -1.57. The van der Waals surface area contributed by atoms with E-state index in [0.29, 0.717) is 5.57 Å². The Bertz CT molecular complexity index is 319. The zero-order valence-electron chi connectivity index (χ0n) is 6.44. The van der Waals surface area contributed by atoms with Crippen LogP contribution in [0.4, 0.5) is 0 Å². The van der Waals surface area contributed by atoms with Crippen molar-refractivity contribution in [3.63, 3.8) is 0 Å². The molecule has 0 saturated carbocycles. The first kappa shape index (κ1) is 7.10. The summed E-state index contributed by atoms with van der Waals surface area (Å²) >= 11 is 0. The Morgan fingerprint density at radius 2 is 2.25 bits per heavy atom. The van der Waals surface area contributed by atoms with E-state index in [1.807, 2.05) is 24.3 Å². The number of fused-ring (bicyclic) bond motifs is 1. The van der Waals surface area contributed by atoms with Gasteiger partial charge in [0.05, 0.1) is 6.26 Å². The van der Waals surface area contributed by atoms with Gasteiger partial charge in [0.25, 0.3) is 0 Å². The minimum Gasteiger partial charge on any atom is -0.489 e. The normalized spacial score (nSPS) is 25.2. The van der Waals surface area contributed by atoms with Crippen molar-refractivity contribution < 1.29 is 9.53 Å². The molecular formula is C10H8O2. The van der Waals surface area contributed by atoms with Crippen LogP contribution in [-0.2, 0) is 9.53 Å². The van der Waals surface area contributed by atoms with Crippen LogP contribution < -0.4 is 0 Å². The SMILES string of the molecule is O=CC1=C2C=CC=CC2OC=C1. The lowest BCUT2D eigenvalue weighted by molar-refractivity contribution is -0.104. The Balaban J connectivity index is 2.46. The van der Waals surface area contributed by atoms with E-state index in [4.69, 9.17) is 4.74 Å². The molecule has 0 aromatic rings. The number of ether oxygens (including phenoxy) is 1. The van der Waals surface area contributed by atoms with Crippen LogP contribution in [0.5, 0.6) is 0 Å². The quantitative estimate of drug-likeness (QED) is 0.543. The highest BCUT2D eigenvalue weighted by atomic mass is 16.5. The summed E-state index contributed by atoms with van der Waals surface area (Å²) < 4.78 is 5.28. The molecule has 60 valence electrons. The second-order valence-electron chi connectivity index (χ2n) is 2.63. The van der Waals surface area contributed by atoms with Gasteiger partial charge in [0.1, 0.15) is 6.10 Å². The van der Waals surface area contributed by atoms with Crippen LogP contribution in [0.25, 0.3) is 0 Å². The Kier molecular flexibility index (Phi) is 1.67. The van der Waals surface area contributed by atoms with E-state index >= 15 is 0 Å². The van der Waals surface area contributed by atoms with Gasteiger partial charge in [0, 0.05) is 11.1 Å². The van der Waals surface area contributed by atoms with Gasteiger partial charge in [-0.2, -0.15) is 0 Å². The summed E-state index contributed by atoms with van der Waals surface area (Å²) in [4.78, 5) is 10.6. The number of rotatable bonds is 1. The molecule has 0 saturated heterocycles. The molecule has 1 heterocycles. The van der Waals surface area contributed by atoms with Crippen LogP contribution in [0.3, 0.4) is 0 Å². The molecule has 2 nitrogen and oxygen atoms in total. The fourth-order valence-electron chi connectivity index (χ4n) is 1.30. The predicted octanol–water partition coefficient (Wildman–Crippen LogP) is 1.52. The van der Waals surface area contributed by atoms with E-state index < -0.39 is 0 Å². The molecule has 12 heavy (non-hydrogen) atoms. The van der Waals surface area contributed by atoms with E-state index in [1.54, 1.807) is 12.3 Å². The second-order valence-corrected chi connectivity index (χ2v) is 2.63. The van der Waals surface area contributed by atoms with Crippen LogP contribution in [0, 0.1) is 0 Å². The van der Waals surface area contributed by atoms with Gasteiger partial charge in [-0.25, -0.2) is 0 Å². The Morgan fingerprint density at radius 1 is 1.33 bits per heavy atom. The van der Waals surface area contributed by atoms with E-state index in [2.05, 4.69) is 0 Å². The van der Waals surface area contributed by atoms with Crippen molar-refractivity contribution >= 4 is 6.29 Å². The molecule has 0 fully saturated rings. The van der Waals surface area contributed by atoms with Crippen LogP contribution in [0.2, 0.25) is 0 Å². The van der Waals surface area contributed by atoms with Crippen molar-refractivity contribution in [1.82, 2.24) is 0 Å². The maximum Gasteiger partial charge on any atom is 0.150 e. The summed E-state index contributed by atoms with van der Waals surface area (Å²) in [7, 11) is 0. The molecule has 0 bridgehead atoms. The lowest BCUT2D eigenvalue weighted by Crippen LogP contribution is -2.15. The number of carbonyl (C=O) groups is 1. The monoisotopic (exact) mass is 160 g/mol. The zero-order chi connectivity index (χ0) is 8.39. The number of aldehydes is 1. The van der Waals surface area contributed by atoms with Gasteiger partial charge in [-0.05, 0) is 12.2 Å². The summed E-state index contributed by atoms with van der Waals surface area (Å²) in [6.07, 6.45) is 11.7. The minimum atomic E-state index is -0.0693. The summed E-state index contributed by atoms with van der Waals surface area (Å²) in [6, 6.07) is 0. The molecule has 1 aliphatic carbocycles. The van der Waals surface area contributed by atoms with E-state index in [1.165, 1.54) is 0 Å². The van der Waals surface area contributed by atoms with Gasteiger partial charge in [-0.1, -0.05) is 18.2 Å². The maximum absolute atomic E-state index is 10.6. The Morgan fingerprint density at radius 3 is 3.08 bits per heavy atom. The average molecular weight is 160 g/mol. The molecule has 0 aromatic heterocycles. The van der Waals surface area contributed by atoms with E-state index in [0.717, 1.165) is 11.9 Å². The number of allylic oxidation sites excluding steroid dienone is 4. The first-order valence-corrected chi connectivity index (χ1v) is 3.78. The standard InChI is InChI=1S/C10H8O2/c11-7-8-5-6-12-10-4-2-1-3-9(8)10/h1-7,10H. The van der Waals surface area contributed by atoms with Crippen molar-refractivity contribution in [1.29, 1.82) is 0 Å². The summed E-state index contributed by atoms with van der Waals surface area (Å²) in [5.41, 5.74) is 1.64. The molecule has 0 N–H and O–H groups in total. The van der Waals surface area contributed by atoms with Gasteiger partial charge in [-0.3, -0.25) is 4.79 Å². The molecule has 2 aliphatic rings. The van der Waals surface area contributed by atoms with Crippen molar-refractivity contribution in [2.24, 2.45) is 0 Å². The average Bonchev–Trinajstić information content (AvgIpc) is 2.17. The zero-order valence-corrected chi connectivity index (χ0v) is 6.44. The third kappa shape index (κ3) is 1.01. The molecule has 0 radical (unpaired) electrons. The van der Waals surface area contributed by atoms with Crippen molar-refractivity contribution in [3.05, 3.63) is 47.8 Å². The highest BCUT2D eigenvalue weighted by Gasteiger charge is 2.17. The van der Waals surface area contributed by atoms with Crippen LogP contribution in [-0.4, -0.2) is 12.4 Å². The fraction of sp³-hybridized carbons (Fsp3) is 0.100. The molecule has 2 heteroatoms. The predicted molar refractivity (Wildman–Crippen MR) is 45.4 cm³/mol. The third-order valence-electron chi connectivity index (χ3n) is 1.91. The van der Waals surface area contributed by atoms with E-state index in [-0.39, 0.29) is 6.10 Å². The second kappa shape index (κ2) is 2.81. The van der Waals surface area contributed by atoms with Crippen molar-refractivity contribution in [3.8, 4) is 0 Å². The molecule has 1 atom stereocenters.